The molecule has 0 aliphatic carbocycles. The van der Waals surface area contributed by atoms with Crippen LogP contribution in [0.15, 0.2) is 117 Å². The van der Waals surface area contributed by atoms with Crippen LogP contribution in [0.25, 0.3) is 0 Å². The van der Waals surface area contributed by atoms with Gasteiger partial charge in [-0.2, -0.15) is 0 Å². The zero-order valence-corrected chi connectivity index (χ0v) is 20.9. The molecule has 0 saturated carbocycles. The van der Waals surface area contributed by atoms with Crippen molar-refractivity contribution >= 4 is 21.0 Å². The summed E-state index contributed by atoms with van der Waals surface area (Å²) >= 11 is 0. The van der Waals surface area contributed by atoms with Gasteiger partial charge < -0.3 is 4.55 Å². The SMILES string of the molecule is Cc1ccc(S(=O)(=O)[O-])cc1.Cc1ccc([S+](c2ccc(C)cc2)c2ccc(C)cc2)cc1. The van der Waals surface area contributed by atoms with Gasteiger partial charge in [-0.15, -0.1) is 0 Å². The second-order valence-corrected chi connectivity index (χ2v) is 11.4. The molecule has 0 aromatic heterocycles. The summed E-state index contributed by atoms with van der Waals surface area (Å²) in [6.45, 7) is 8.24. The summed E-state index contributed by atoms with van der Waals surface area (Å²) in [4.78, 5) is 3.94. The van der Waals surface area contributed by atoms with E-state index < -0.39 is 10.1 Å². The molecule has 0 unspecified atom stereocenters. The van der Waals surface area contributed by atoms with Crippen LogP contribution in [0.4, 0.5) is 0 Å². The Labute approximate surface area is 200 Å². The Balaban J connectivity index is 0.000000235. The van der Waals surface area contributed by atoms with E-state index in [4.69, 9.17) is 0 Å². The highest BCUT2D eigenvalue weighted by Gasteiger charge is 2.28. The Hall–Kier alpha value is -2.86. The Kier molecular flexibility index (Phi) is 8.14. The van der Waals surface area contributed by atoms with Crippen LogP contribution in [0, 0.1) is 27.7 Å². The van der Waals surface area contributed by atoms with E-state index in [2.05, 4.69) is 93.6 Å². The smallest absolute Gasteiger partial charge is 0.166 e. The molecule has 4 rings (SSSR count). The van der Waals surface area contributed by atoms with Crippen LogP contribution < -0.4 is 0 Å². The molecule has 0 amide bonds. The molecule has 0 radical (unpaired) electrons. The lowest BCUT2D eigenvalue weighted by atomic mass is 10.2. The molecule has 0 spiro atoms. The van der Waals surface area contributed by atoms with Gasteiger partial charge in [-0.25, -0.2) is 8.42 Å². The van der Waals surface area contributed by atoms with Crippen molar-refractivity contribution in [2.24, 2.45) is 0 Å². The standard InChI is InChI=1S/C21H21S.C7H8O3S/c1-16-4-10-19(11-5-16)22(20-12-6-17(2)7-13-20)21-14-8-18(3)9-15-21;1-6-2-4-7(5-3-6)11(8,9)10/h4-15H,1-3H3;2-5H,1H3,(H,8,9,10)/q+1;/p-1. The molecular weight excluding hydrogens is 448 g/mol. The van der Waals surface area contributed by atoms with Gasteiger partial charge in [-0.05, 0) is 76.2 Å². The number of aryl methyl sites for hydroxylation is 4. The maximum atomic E-state index is 10.4. The summed E-state index contributed by atoms with van der Waals surface area (Å²) in [5.41, 5.74) is 4.85. The quantitative estimate of drug-likeness (QED) is 0.246. The van der Waals surface area contributed by atoms with Crippen LogP contribution in [-0.4, -0.2) is 13.0 Å². The van der Waals surface area contributed by atoms with Crippen molar-refractivity contribution in [1.82, 2.24) is 0 Å². The van der Waals surface area contributed by atoms with E-state index in [1.54, 1.807) is 12.1 Å². The topological polar surface area (TPSA) is 57.2 Å². The first-order chi connectivity index (χ1) is 15.6. The average molecular weight is 477 g/mol. The second kappa shape index (κ2) is 10.8. The highest BCUT2D eigenvalue weighted by Crippen LogP contribution is 2.31. The Morgan fingerprint density at radius 3 is 0.970 bits per heavy atom. The molecule has 170 valence electrons. The lowest BCUT2D eigenvalue weighted by Crippen LogP contribution is -2.04. The van der Waals surface area contributed by atoms with Gasteiger partial charge in [-0.3, -0.25) is 0 Å². The fourth-order valence-corrected chi connectivity index (χ4v) is 5.65. The van der Waals surface area contributed by atoms with E-state index in [-0.39, 0.29) is 15.8 Å². The lowest BCUT2D eigenvalue weighted by molar-refractivity contribution is 0.463. The largest absolute Gasteiger partial charge is 0.744 e. The van der Waals surface area contributed by atoms with Crippen molar-refractivity contribution in [1.29, 1.82) is 0 Å². The fourth-order valence-electron chi connectivity index (χ4n) is 3.14. The maximum absolute atomic E-state index is 10.4. The molecule has 3 nitrogen and oxygen atoms in total. The normalized spacial score (nSPS) is 11.1. The first kappa shape index (κ1) is 24.8. The predicted molar refractivity (Wildman–Crippen MR) is 135 cm³/mol. The van der Waals surface area contributed by atoms with Crippen LogP contribution in [-0.2, 0) is 21.0 Å². The summed E-state index contributed by atoms with van der Waals surface area (Å²) < 4.78 is 31.2. The molecule has 4 aromatic carbocycles. The summed E-state index contributed by atoms with van der Waals surface area (Å²) in [6.07, 6.45) is 0. The van der Waals surface area contributed by atoms with Crippen molar-refractivity contribution < 1.29 is 13.0 Å². The average Bonchev–Trinajstić information content (AvgIpc) is 2.78. The van der Waals surface area contributed by atoms with E-state index >= 15 is 0 Å². The Morgan fingerprint density at radius 1 is 0.485 bits per heavy atom. The van der Waals surface area contributed by atoms with E-state index in [0.29, 0.717) is 0 Å². The monoisotopic (exact) mass is 476 g/mol. The third kappa shape index (κ3) is 7.06. The van der Waals surface area contributed by atoms with E-state index in [1.807, 2.05) is 6.92 Å². The zero-order chi connectivity index (χ0) is 24.0. The molecule has 0 saturated heterocycles. The minimum absolute atomic E-state index is 0.0394. The minimum atomic E-state index is -4.27. The minimum Gasteiger partial charge on any atom is -0.744 e. The van der Waals surface area contributed by atoms with Gasteiger partial charge in [0.15, 0.2) is 14.7 Å². The predicted octanol–water partition coefficient (Wildman–Crippen LogP) is 6.61. The van der Waals surface area contributed by atoms with Gasteiger partial charge in [0, 0.05) is 0 Å². The Morgan fingerprint density at radius 2 is 0.727 bits per heavy atom. The third-order valence-corrected chi connectivity index (χ3v) is 8.16. The van der Waals surface area contributed by atoms with Gasteiger partial charge in [0.25, 0.3) is 0 Å². The molecule has 0 N–H and O–H groups in total. The molecule has 0 atom stereocenters. The van der Waals surface area contributed by atoms with Crippen molar-refractivity contribution in [2.45, 2.75) is 47.3 Å². The molecule has 0 fully saturated rings. The first-order valence-electron chi connectivity index (χ1n) is 10.6. The summed E-state index contributed by atoms with van der Waals surface area (Å²) in [7, 11) is -4.31. The first-order valence-corrected chi connectivity index (χ1v) is 13.2. The number of hydrogen-bond acceptors (Lipinski definition) is 3. The molecule has 0 bridgehead atoms. The van der Waals surface area contributed by atoms with Gasteiger partial charge in [0.2, 0.25) is 0 Å². The van der Waals surface area contributed by atoms with Gasteiger partial charge in [0.1, 0.15) is 10.1 Å². The van der Waals surface area contributed by atoms with E-state index in [9.17, 15) is 13.0 Å². The van der Waals surface area contributed by atoms with E-state index in [1.165, 1.54) is 43.5 Å². The van der Waals surface area contributed by atoms with Crippen LogP contribution in [0.2, 0.25) is 0 Å². The molecule has 0 aliphatic heterocycles. The lowest BCUT2D eigenvalue weighted by Gasteiger charge is -2.09. The van der Waals surface area contributed by atoms with Crippen molar-refractivity contribution in [3.8, 4) is 0 Å². The fraction of sp³-hybridized carbons (Fsp3) is 0.143. The second-order valence-electron chi connectivity index (χ2n) is 8.01. The Bertz CT molecular complexity index is 1170. The van der Waals surface area contributed by atoms with Gasteiger partial charge >= 0.3 is 0 Å². The summed E-state index contributed by atoms with van der Waals surface area (Å²) in [5.74, 6) is 0. The summed E-state index contributed by atoms with van der Waals surface area (Å²) in [5, 5.41) is 0. The van der Waals surface area contributed by atoms with Crippen LogP contribution in [0.1, 0.15) is 22.3 Å². The van der Waals surface area contributed by atoms with Crippen LogP contribution in [0.3, 0.4) is 0 Å². The summed E-state index contributed by atoms with van der Waals surface area (Å²) in [6, 6.07) is 32.6. The zero-order valence-electron chi connectivity index (χ0n) is 19.3. The van der Waals surface area contributed by atoms with Crippen LogP contribution >= 0.6 is 0 Å². The molecule has 5 heteroatoms. The van der Waals surface area contributed by atoms with Crippen molar-refractivity contribution in [3.63, 3.8) is 0 Å². The number of hydrogen-bond donors (Lipinski definition) is 0. The number of benzene rings is 4. The third-order valence-electron chi connectivity index (χ3n) is 5.08. The highest BCUT2D eigenvalue weighted by molar-refractivity contribution is 7.97. The maximum Gasteiger partial charge on any atom is 0.166 e. The van der Waals surface area contributed by atoms with Gasteiger partial charge in [0.05, 0.1) is 15.8 Å². The molecular formula is C28H28O3S2. The van der Waals surface area contributed by atoms with Gasteiger partial charge in [-0.1, -0.05) is 70.8 Å². The molecule has 4 aromatic rings. The van der Waals surface area contributed by atoms with E-state index in [0.717, 1.165) is 5.56 Å². The number of rotatable bonds is 4. The van der Waals surface area contributed by atoms with Crippen LogP contribution in [0.5, 0.6) is 0 Å². The molecule has 33 heavy (non-hydrogen) atoms. The van der Waals surface area contributed by atoms with Crippen molar-refractivity contribution in [2.75, 3.05) is 0 Å². The van der Waals surface area contributed by atoms with Crippen molar-refractivity contribution in [3.05, 3.63) is 119 Å². The highest BCUT2D eigenvalue weighted by atomic mass is 32.2. The molecule has 0 heterocycles. The molecule has 0 aliphatic rings.